The lowest BCUT2D eigenvalue weighted by molar-refractivity contribution is -0.114. The average molecular weight is 456 g/mol. The molecule has 2 aromatic carbocycles. The molecule has 9 nitrogen and oxygen atoms in total. The Bertz CT molecular complexity index is 1430. The van der Waals surface area contributed by atoms with E-state index in [-0.39, 0.29) is 38.7 Å². The third-order valence-electron chi connectivity index (χ3n) is 4.30. The van der Waals surface area contributed by atoms with E-state index in [1.165, 1.54) is 13.1 Å². The van der Waals surface area contributed by atoms with Crippen molar-refractivity contribution in [2.45, 2.75) is 6.92 Å². The molecule has 0 spiro atoms. The number of amides is 1. The summed E-state index contributed by atoms with van der Waals surface area (Å²) in [6.45, 7) is 1.42. The zero-order valence-electron chi connectivity index (χ0n) is 16.0. The minimum Gasteiger partial charge on any atom is -0.326 e. The maximum atomic E-state index is 12.7. The number of halogens is 2. The molecule has 4 rings (SSSR count). The van der Waals surface area contributed by atoms with Crippen molar-refractivity contribution < 1.29 is 4.79 Å². The summed E-state index contributed by atoms with van der Waals surface area (Å²) >= 11 is 12.4. The number of carbonyl (C=O) groups excluding carboxylic acids is 1. The van der Waals surface area contributed by atoms with E-state index < -0.39 is 5.69 Å². The quantitative estimate of drug-likeness (QED) is 0.373. The average Bonchev–Trinajstić information content (AvgIpc) is 2.69. The van der Waals surface area contributed by atoms with Gasteiger partial charge < -0.3 is 10.6 Å². The molecule has 4 aromatic rings. The summed E-state index contributed by atoms with van der Waals surface area (Å²) in [6, 6.07) is 11.8. The SMILES string of the molecule is CC(=O)Nc1cccc(Nc2ncc3c(=N)n(-c4c(Cl)cccc4Cl)c(=O)[nH]c3n2)c1. The summed E-state index contributed by atoms with van der Waals surface area (Å²) in [5.41, 5.74) is 0.837. The largest absolute Gasteiger partial charge is 0.333 e. The number of hydrogen-bond acceptors (Lipinski definition) is 6. The van der Waals surface area contributed by atoms with Crippen LogP contribution in [0.4, 0.5) is 17.3 Å². The Morgan fingerprint density at radius 3 is 2.52 bits per heavy atom. The molecule has 0 atom stereocenters. The monoisotopic (exact) mass is 455 g/mol. The van der Waals surface area contributed by atoms with Crippen molar-refractivity contribution in [1.82, 2.24) is 19.5 Å². The number of fused-ring (bicyclic) bond motifs is 1. The molecular formula is C20H15Cl2N7O2. The zero-order chi connectivity index (χ0) is 22.1. The van der Waals surface area contributed by atoms with Crippen LogP contribution in [-0.4, -0.2) is 25.4 Å². The van der Waals surface area contributed by atoms with E-state index >= 15 is 0 Å². The number of aromatic amines is 1. The number of carbonyl (C=O) groups is 1. The van der Waals surface area contributed by atoms with Crippen molar-refractivity contribution in [2.75, 3.05) is 10.6 Å². The second kappa shape index (κ2) is 8.21. The number of H-pyrrole nitrogens is 1. The minimum atomic E-state index is -0.621. The van der Waals surface area contributed by atoms with Gasteiger partial charge in [0, 0.05) is 24.5 Å². The van der Waals surface area contributed by atoms with E-state index in [2.05, 4.69) is 25.6 Å². The van der Waals surface area contributed by atoms with Gasteiger partial charge in [-0.25, -0.2) is 14.3 Å². The Morgan fingerprint density at radius 1 is 1.13 bits per heavy atom. The highest BCUT2D eigenvalue weighted by atomic mass is 35.5. The Kier molecular flexibility index (Phi) is 5.45. The first-order valence-corrected chi connectivity index (χ1v) is 9.75. The van der Waals surface area contributed by atoms with Gasteiger partial charge in [0.2, 0.25) is 11.9 Å². The van der Waals surface area contributed by atoms with Crippen LogP contribution in [0.25, 0.3) is 16.7 Å². The van der Waals surface area contributed by atoms with Crippen LogP contribution in [0.3, 0.4) is 0 Å². The molecule has 0 bridgehead atoms. The molecule has 1 amide bonds. The van der Waals surface area contributed by atoms with Gasteiger partial charge in [0.1, 0.15) is 5.49 Å². The fraction of sp³-hybridized carbons (Fsp3) is 0.0500. The van der Waals surface area contributed by atoms with E-state index in [1.54, 1.807) is 42.5 Å². The van der Waals surface area contributed by atoms with Gasteiger partial charge in [-0.2, -0.15) is 4.98 Å². The van der Waals surface area contributed by atoms with Gasteiger partial charge in [-0.3, -0.25) is 15.2 Å². The standard InChI is InChI=1S/C20H15Cl2N7O2/c1-10(30)25-11-4-2-5-12(8-11)26-19-24-9-13-17(23)29(20(31)28-18(13)27-19)16-14(21)6-3-7-15(16)22/h2-9,23H,1H3,(H,25,30)(H2,24,26,27,28,31). The van der Waals surface area contributed by atoms with Crippen molar-refractivity contribution in [3.63, 3.8) is 0 Å². The summed E-state index contributed by atoms with van der Waals surface area (Å²) in [6.07, 6.45) is 1.42. The van der Waals surface area contributed by atoms with Crippen LogP contribution < -0.4 is 21.8 Å². The number of nitrogens with one attached hydrogen (secondary N) is 4. The summed E-state index contributed by atoms with van der Waals surface area (Å²) in [5.74, 6) is 0.0163. The predicted octanol–water partition coefficient (Wildman–Crippen LogP) is 3.60. The number of aromatic nitrogens is 4. The van der Waals surface area contributed by atoms with Crippen LogP contribution in [-0.2, 0) is 4.79 Å². The highest BCUT2D eigenvalue weighted by Gasteiger charge is 2.15. The molecule has 0 fully saturated rings. The van der Waals surface area contributed by atoms with E-state index in [0.29, 0.717) is 16.8 Å². The van der Waals surface area contributed by atoms with Crippen LogP contribution >= 0.6 is 23.2 Å². The highest BCUT2D eigenvalue weighted by molar-refractivity contribution is 6.37. The van der Waals surface area contributed by atoms with Crippen molar-refractivity contribution in [1.29, 1.82) is 5.41 Å². The van der Waals surface area contributed by atoms with E-state index in [1.807, 2.05) is 0 Å². The molecule has 0 aliphatic carbocycles. The van der Waals surface area contributed by atoms with Gasteiger partial charge in [-0.15, -0.1) is 0 Å². The Balaban J connectivity index is 1.76. The summed E-state index contributed by atoms with van der Waals surface area (Å²) in [4.78, 5) is 35.1. The third kappa shape index (κ3) is 4.14. The second-order valence-corrected chi connectivity index (χ2v) is 7.34. The second-order valence-electron chi connectivity index (χ2n) is 6.53. The van der Waals surface area contributed by atoms with Crippen LogP contribution in [0.2, 0.25) is 10.0 Å². The number of benzene rings is 2. The van der Waals surface area contributed by atoms with Crippen LogP contribution in [0, 0.1) is 5.41 Å². The number of hydrogen-bond donors (Lipinski definition) is 4. The Labute approximate surface area is 185 Å². The third-order valence-corrected chi connectivity index (χ3v) is 4.91. The fourth-order valence-corrected chi connectivity index (χ4v) is 3.58. The Morgan fingerprint density at radius 2 is 1.81 bits per heavy atom. The summed E-state index contributed by atoms with van der Waals surface area (Å²) in [7, 11) is 0. The first-order chi connectivity index (χ1) is 14.8. The van der Waals surface area contributed by atoms with Crippen molar-refractivity contribution in [2.24, 2.45) is 0 Å². The molecule has 0 saturated carbocycles. The minimum absolute atomic E-state index is 0.159. The van der Waals surface area contributed by atoms with Gasteiger partial charge in [0.05, 0.1) is 21.1 Å². The number of rotatable bonds is 4. The normalized spacial score (nSPS) is 10.8. The van der Waals surface area contributed by atoms with E-state index in [0.717, 1.165) is 4.57 Å². The zero-order valence-corrected chi connectivity index (χ0v) is 17.5. The number of nitrogens with zero attached hydrogens (tertiary/aromatic N) is 3. The van der Waals surface area contributed by atoms with Gasteiger partial charge in [0.15, 0.2) is 5.65 Å². The van der Waals surface area contributed by atoms with Gasteiger partial charge in [-0.05, 0) is 30.3 Å². The molecule has 156 valence electrons. The molecule has 0 unspecified atom stereocenters. The highest BCUT2D eigenvalue weighted by Crippen LogP contribution is 2.26. The number of para-hydroxylation sites is 1. The van der Waals surface area contributed by atoms with Crippen molar-refractivity contribution in [3.8, 4) is 5.69 Å². The maximum absolute atomic E-state index is 12.7. The molecule has 2 aromatic heterocycles. The number of anilines is 3. The molecular weight excluding hydrogens is 441 g/mol. The lowest BCUT2D eigenvalue weighted by atomic mass is 10.2. The first kappa shape index (κ1) is 20.6. The molecule has 31 heavy (non-hydrogen) atoms. The van der Waals surface area contributed by atoms with Gasteiger partial charge in [-0.1, -0.05) is 35.3 Å². The van der Waals surface area contributed by atoms with Crippen LogP contribution in [0.5, 0.6) is 0 Å². The first-order valence-electron chi connectivity index (χ1n) is 8.99. The topological polar surface area (TPSA) is 129 Å². The van der Waals surface area contributed by atoms with E-state index in [9.17, 15) is 9.59 Å². The molecule has 0 radical (unpaired) electrons. The predicted molar refractivity (Wildman–Crippen MR) is 119 cm³/mol. The summed E-state index contributed by atoms with van der Waals surface area (Å²) in [5, 5.41) is 14.9. The lowest BCUT2D eigenvalue weighted by Gasteiger charge is -2.12. The molecule has 11 heteroatoms. The molecule has 0 aliphatic rings. The molecule has 0 aliphatic heterocycles. The van der Waals surface area contributed by atoms with Crippen LogP contribution in [0.15, 0.2) is 53.5 Å². The lowest BCUT2D eigenvalue weighted by Crippen LogP contribution is -2.34. The maximum Gasteiger partial charge on any atom is 0.333 e. The molecule has 2 heterocycles. The molecule has 0 saturated heterocycles. The summed E-state index contributed by atoms with van der Waals surface area (Å²) < 4.78 is 1.07. The van der Waals surface area contributed by atoms with Gasteiger partial charge in [0.25, 0.3) is 0 Å². The fourth-order valence-electron chi connectivity index (χ4n) is 3.01. The van der Waals surface area contributed by atoms with Crippen LogP contribution in [0.1, 0.15) is 6.92 Å². The van der Waals surface area contributed by atoms with Gasteiger partial charge >= 0.3 is 5.69 Å². The smallest absolute Gasteiger partial charge is 0.326 e. The van der Waals surface area contributed by atoms with E-state index in [4.69, 9.17) is 28.6 Å². The van der Waals surface area contributed by atoms with Crippen molar-refractivity contribution >= 4 is 57.5 Å². The van der Waals surface area contributed by atoms with Crippen molar-refractivity contribution in [3.05, 3.63) is 74.7 Å². The Hall–Kier alpha value is -3.69. The molecule has 4 N–H and O–H groups in total.